The van der Waals surface area contributed by atoms with Crippen molar-refractivity contribution in [1.82, 2.24) is 5.43 Å². The van der Waals surface area contributed by atoms with E-state index in [1.807, 2.05) is 24.3 Å². The molecular weight excluding hydrogens is 208 g/mol. The molecule has 3 nitrogen and oxygen atoms in total. The largest absolute Gasteiger partial charge is 0.486 e. The van der Waals surface area contributed by atoms with E-state index in [1.54, 1.807) is 11.8 Å². The summed E-state index contributed by atoms with van der Waals surface area (Å²) in [5.74, 6) is 9.63. The molecule has 1 aromatic rings. The fraction of sp³-hybridized carbons (Fsp3) is 0.273. The molecule has 0 saturated carbocycles. The summed E-state index contributed by atoms with van der Waals surface area (Å²) in [6.45, 7) is 0. The average molecular weight is 220 g/mol. The van der Waals surface area contributed by atoms with Crippen molar-refractivity contribution < 1.29 is 4.74 Å². The summed E-state index contributed by atoms with van der Waals surface area (Å²) in [7, 11) is 0. The Morgan fingerprint density at radius 3 is 3.13 bits per heavy atom. The molecule has 0 spiro atoms. The van der Waals surface area contributed by atoms with Crippen molar-refractivity contribution in [2.45, 2.75) is 17.0 Å². The Bertz CT molecular complexity index is 388. The maximum Gasteiger partial charge on any atom is 0.136 e. The molecule has 3 N–H and O–H groups in total. The molecule has 1 aliphatic heterocycles. The molecule has 1 aliphatic rings. The van der Waals surface area contributed by atoms with Gasteiger partial charge in [0.15, 0.2) is 0 Å². The van der Waals surface area contributed by atoms with Gasteiger partial charge in [-0.25, -0.2) is 5.43 Å². The molecule has 2 unspecified atom stereocenters. The predicted molar refractivity (Wildman–Crippen MR) is 61.5 cm³/mol. The lowest BCUT2D eigenvalue weighted by atomic mass is 10.2. The van der Waals surface area contributed by atoms with Crippen LogP contribution in [0.1, 0.15) is 0 Å². The summed E-state index contributed by atoms with van der Waals surface area (Å²) < 4.78 is 5.77. The zero-order valence-electron chi connectivity index (χ0n) is 8.14. The zero-order valence-corrected chi connectivity index (χ0v) is 8.96. The van der Waals surface area contributed by atoms with Crippen LogP contribution in [0.5, 0.6) is 5.75 Å². The fourth-order valence-corrected chi connectivity index (χ4v) is 2.50. The Morgan fingerprint density at radius 2 is 2.40 bits per heavy atom. The van der Waals surface area contributed by atoms with Crippen LogP contribution in [0.4, 0.5) is 0 Å². The highest BCUT2D eigenvalue weighted by atomic mass is 32.2. The van der Waals surface area contributed by atoms with Crippen LogP contribution in [-0.2, 0) is 0 Å². The van der Waals surface area contributed by atoms with Crippen LogP contribution in [0.3, 0.4) is 0 Å². The number of thioether (sulfide) groups is 1. The molecule has 1 aromatic carbocycles. The van der Waals surface area contributed by atoms with Gasteiger partial charge in [-0.15, -0.1) is 18.2 Å². The third-order valence-electron chi connectivity index (χ3n) is 2.26. The third kappa shape index (κ3) is 2.10. The number of hydrazine groups is 1. The van der Waals surface area contributed by atoms with Crippen molar-refractivity contribution in [3.05, 3.63) is 24.3 Å². The highest BCUT2D eigenvalue weighted by molar-refractivity contribution is 7.99. The van der Waals surface area contributed by atoms with Crippen molar-refractivity contribution in [1.29, 1.82) is 0 Å². The normalized spacial score (nSPS) is 20.9. The maximum absolute atomic E-state index is 5.77. The highest BCUT2D eigenvalue weighted by Crippen LogP contribution is 2.35. The van der Waals surface area contributed by atoms with Crippen molar-refractivity contribution in [3.63, 3.8) is 0 Å². The summed E-state index contributed by atoms with van der Waals surface area (Å²) in [5, 5.41) is 0. The molecule has 0 fully saturated rings. The van der Waals surface area contributed by atoms with Crippen LogP contribution in [0.15, 0.2) is 29.2 Å². The minimum atomic E-state index is -0.245. The van der Waals surface area contributed by atoms with Crippen LogP contribution >= 0.6 is 11.8 Å². The lowest BCUT2D eigenvalue weighted by Crippen LogP contribution is -2.47. The summed E-state index contributed by atoms with van der Waals surface area (Å²) in [4.78, 5) is 1.15. The number of benzene rings is 1. The minimum absolute atomic E-state index is 0.0695. The zero-order chi connectivity index (χ0) is 10.7. The van der Waals surface area contributed by atoms with Gasteiger partial charge in [-0.3, -0.25) is 5.84 Å². The van der Waals surface area contributed by atoms with Crippen LogP contribution in [-0.4, -0.2) is 17.9 Å². The van der Waals surface area contributed by atoms with Crippen molar-refractivity contribution in [2.75, 3.05) is 5.75 Å². The molecule has 0 aliphatic carbocycles. The Labute approximate surface area is 93.3 Å². The maximum atomic E-state index is 5.77. The van der Waals surface area contributed by atoms with Gasteiger partial charge in [-0.1, -0.05) is 18.1 Å². The number of hydrogen-bond acceptors (Lipinski definition) is 4. The molecule has 0 saturated heterocycles. The second-order valence-corrected chi connectivity index (χ2v) is 4.29. The molecule has 1 heterocycles. The predicted octanol–water partition coefficient (Wildman–Crippen LogP) is 1.00. The standard InChI is InChI=1S/C11H12N2OS/c1-2-8(13-12)10-7-15-11-6-4-3-5-9(11)14-10/h1,3-6,8,10,13H,7,12H2. The number of para-hydroxylation sites is 1. The van der Waals surface area contributed by atoms with E-state index in [9.17, 15) is 0 Å². The van der Waals surface area contributed by atoms with Crippen molar-refractivity contribution >= 4 is 11.8 Å². The van der Waals surface area contributed by atoms with Gasteiger partial charge in [0.25, 0.3) is 0 Å². The van der Waals surface area contributed by atoms with E-state index in [4.69, 9.17) is 17.0 Å². The molecule has 0 aromatic heterocycles. The number of ether oxygens (including phenoxy) is 1. The number of rotatable bonds is 2. The van der Waals surface area contributed by atoms with Crippen LogP contribution in [0.25, 0.3) is 0 Å². The van der Waals surface area contributed by atoms with Gasteiger partial charge in [0.1, 0.15) is 17.9 Å². The third-order valence-corrected chi connectivity index (χ3v) is 3.40. The quantitative estimate of drug-likeness (QED) is 0.443. The van der Waals surface area contributed by atoms with E-state index < -0.39 is 0 Å². The second kappa shape index (κ2) is 4.58. The lowest BCUT2D eigenvalue weighted by Gasteiger charge is -2.28. The molecule has 78 valence electrons. The van der Waals surface area contributed by atoms with Gasteiger partial charge in [0.2, 0.25) is 0 Å². The molecule has 15 heavy (non-hydrogen) atoms. The van der Waals surface area contributed by atoms with E-state index in [1.165, 1.54) is 0 Å². The van der Waals surface area contributed by atoms with E-state index in [0.29, 0.717) is 0 Å². The summed E-state index contributed by atoms with van der Waals surface area (Å²) in [6.07, 6.45) is 5.28. The first kappa shape index (κ1) is 10.4. The number of nitrogens with two attached hydrogens (primary N) is 1. The molecule has 0 amide bonds. The smallest absolute Gasteiger partial charge is 0.136 e. The Hall–Kier alpha value is -1.15. The van der Waals surface area contributed by atoms with Crippen LogP contribution in [0, 0.1) is 12.3 Å². The van der Waals surface area contributed by atoms with Crippen LogP contribution in [0.2, 0.25) is 0 Å². The average Bonchev–Trinajstić information content (AvgIpc) is 2.30. The van der Waals surface area contributed by atoms with E-state index in [-0.39, 0.29) is 12.1 Å². The van der Waals surface area contributed by atoms with Crippen molar-refractivity contribution in [2.24, 2.45) is 5.84 Å². The molecule has 2 atom stereocenters. The highest BCUT2D eigenvalue weighted by Gasteiger charge is 2.25. The monoisotopic (exact) mass is 220 g/mol. The summed E-state index contributed by atoms with van der Waals surface area (Å²) >= 11 is 1.74. The van der Waals surface area contributed by atoms with Gasteiger partial charge >= 0.3 is 0 Å². The molecule has 4 heteroatoms. The molecule has 2 rings (SSSR count). The first-order valence-electron chi connectivity index (χ1n) is 4.66. The number of terminal acetylenes is 1. The van der Waals surface area contributed by atoms with Gasteiger partial charge in [-0.2, -0.15) is 0 Å². The first-order chi connectivity index (χ1) is 7.35. The fourth-order valence-electron chi connectivity index (χ4n) is 1.46. The van der Waals surface area contributed by atoms with Crippen LogP contribution < -0.4 is 16.0 Å². The SMILES string of the molecule is C#CC(NN)C1CSc2ccccc2O1. The molecule has 0 radical (unpaired) electrons. The Kier molecular flexibility index (Phi) is 3.17. The number of hydrogen-bond donors (Lipinski definition) is 2. The van der Waals surface area contributed by atoms with Gasteiger partial charge in [0.05, 0.1) is 0 Å². The molecular formula is C11H12N2OS. The minimum Gasteiger partial charge on any atom is -0.486 e. The first-order valence-corrected chi connectivity index (χ1v) is 5.64. The van der Waals surface area contributed by atoms with Gasteiger partial charge in [0, 0.05) is 10.6 Å². The number of fused-ring (bicyclic) bond motifs is 1. The lowest BCUT2D eigenvalue weighted by molar-refractivity contribution is 0.189. The summed E-state index contributed by atoms with van der Waals surface area (Å²) in [5.41, 5.74) is 2.58. The van der Waals surface area contributed by atoms with E-state index in [2.05, 4.69) is 11.3 Å². The van der Waals surface area contributed by atoms with Crippen molar-refractivity contribution in [3.8, 4) is 18.1 Å². The van der Waals surface area contributed by atoms with Gasteiger partial charge < -0.3 is 4.74 Å². The topological polar surface area (TPSA) is 47.3 Å². The van der Waals surface area contributed by atoms with Gasteiger partial charge in [-0.05, 0) is 12.1 Å². The Morgan fingerprint density at radius 1 is 1.60 bits per heavy atom. The number of nitrogens with one attached hydrogen (secondary N) is 1. The van der Waals surface area contributed by atoms with E-state index >= 15 is 0 Å². The summed E-state index contributed by atoms with van der Waals surface area (Å²) in [6, 6.07) is 7.68. The van der Waals surface area contributed by atoms with E-state index in [0.717, 1.165) is 16.4 Å². The second-order valence-electron chi connectivity index (χ2n) is 3.23. The molecule has 0 bridgehead atoms. The Balaban J connectivity index is 2.15.